The van der Waals surface area contributed by atoms with Crippen molar-refractivity contribution in [2.75, 3.05) is 19.8 Å². The van der Waals surface area contributed by atoms with Gasteiger partial charge in [0.15, 0.2) is 18.9 Å². The van der Waals surface area contributed by atoms with Gasteiger partial charge in [-0.25, -0.2) is 0 Å². The Kier molecular flexibility index (Phi) is 17.3. The van der Waals surface area contributed by atoms with Crippen LogP contribution in [0.15, 0.2) is 0 Å². The van der Waals surface area contributed by atoms with Crippen molar-refractivity contribution in [2.24, 2.45) is 58.2 Å². The van der Waals surface area contributed by atoms with Crippen molar-refractivity contribution in [2.45, 2.75) is 217 Å². The molecule has 3 saturated heterocycles. The summed E-state index contributed by atoms with van der Waals surface area (Å²) in [4.78, 5) is 25.9. The zero-order chi connectivity index (χ0) is 48.9. The van der Waals surface area contributed by atoms with Crippen LogP contribution in [-0.2, 0) is 38.0 Å². The van der Waals surface area contributed by atoms with Crippen molar-refractivity contribution in [3.63, 3.8) is 0 Å². The van der Waals surface area contributed by atoms with E-state index in [0.29, 0.717) is 68.2 Å². The van der Waals surface area contributed by atoms with Gasteiger partial charge in [0, 0.05) is 25.3 Å². The molecule has 18 heteroatoms. The van der Waals surface area contributed by atoms with Crippen molar-refractivity contribution < 1.29 is 84.0 Å². The standard InChI is InChI=1S/C49H83NO17/c1-22(2)16-35(55)50-19-23(3)8-11-31(52)24(4)36-32(53)18-30-28-10-9-26-17-27(12-14-48(26,6)29(28)13-15-49(30,36)7)64-46-42(61)40(59)43(34(20-51)65-46)66-47-44(39(58)37(56)25(5)63-47)67-45-41(60)38(57)33(54)21-62-45/h22-30,32-34,36-47,51,53-54,56-61H,8-21H2,1-7H3,(H,50,55). The molecule has 0 bridgehead atoms. The highest BCUT2D eigenvalue weighted by molar-refractivity contribution is 5.81. The molecule has 18 nitrogen and oxygen atoms in total. The number of aliphatic hydroxyl groups is 9. The van der Waals surface area contributed by atoms with Crippen LogP contribution < -0.4 is 5.32 Å². The summed E-state index contributed by atoms with van der Waals surface area (Å²) in [7, 11) is 0. The van der Waals surface area contributed by atoms with E-state index < -0.39 is 105 Å². The lowest BCUT2D eigenvalue weighted by atomic mass is 9.44. The third-order valence-electron chi connectivity index (χ3n) is 17.9. The molecule has 3 heterocycles. The fourth-order valence-corrected chi connectivity index (χ4v) is 13.9. The Hall–Kier alpha value is -1.46. The van der Waals surface area contributed by atoms with Crippen LogP contribution in [0.25, 0.3) is 0 Å². The summed E-state index contributed by atoms with van der Waals surface area (Å²) >= 11 is 0. The van der Waals surface area contributed by atoms with E-state index in [0.717, 1.165) is 38.5 Å². The van der Waals surface area contributed by atoms with Crippen LogP contribution in [0.2, 0.25) is 0 Å². The quantitative estimate of drug-likeness (QED) is 0.0963. The van der Waals surface area contributed by atoms with Crippen LogP contribution in [0, 0.1) is 58.2 Å². The first-order valence-electron chi connectivity index (χ1n) is 25.3. The van der Waals surface area contributed by atoms with Crippen molar-refractivity contribution in [3.05, 3.63) is 0 Å². The number of rotatable bonds is 16. The number of amides is 1. The molecule has 0 aromatic carbocycles. The van der Waals surface area contributed by atoms with Gasteiger partial charge in [0.1, 0.15) is 66.8 Å². The first-order chi connectivity index (χ1) is 31.6. The molecule has 0 aromatic heterocycles. The van der Waals surface area contributed by atoms with Gasteiger partial charge in [-0.1, -0.05) is 41.5 Å². The van der Waals surface area contributed by atoms with E-state index in [1.165, 1.54) is 6.92 Å². The summed E-state index contributed by atoms with van der Waals surface area (Å²) in [5.74, 6) is 1.87. The molecular formula is C49H83NO17. The van der Waals surface area contributed by atoms with E-state index in [1.54, 1.807) is 0 Å². The van der Waals surface area contributed by atoms with Crippen LogP contribution in [-0.4, -0.2) is 176 Å². The van der Waals surface area contributed by atoms with E-state index in [1.807, 2.05) is 20.8 Å². The number of nitrogens with one attached hydrogen (secondary N) is 1. The molecule has 386 valence electrons. The lowest BCUT2D eigenvalue weighted by molar-refractivity contribution is -0.383. The molecule has 3 aliphatic heterocycles. The SMILES string of the molecule is CC(C)CC(=O)NCC(C)CCC(=O)C(C)C1C(O)CC2C3CCC4CC(OC5OC(CO)C(OC6OC(C)C(O)C(O)C6OC6OCC(O)C(O)C6O)C(O)C5O)CCC4(C)C3CCC21C. The Morgan fingerprint density at radius 3 is 2.09 bits per heavy atom. The minimum Gasteiger partial charge on any atom is -0.394 e. The van der Waals surface area contributed by atoms with Crippen LogP contribution in [0.4, 0.5) is 0 Å². The highest BCUT2D eigenvalue weighted by Gasteiger charge is 2.64. The third-order valence-corrected chi connectivity index (χ3v) is 17.9. The highest BCUT2D eigenvalue weighted by atomic mass is 16.8. The molecule has 0 spiro atoms. The summed E-state index contributed by atoms with van der Waals surface area (Å²) in [6.07, 6.45) is -13.1. The lowest BCUT2D eigenvalue weighted by Gasteiger charge is -2.61. The maximum Gasteiger partial charge on any atom is 0.220 e. The third kappa shape index (κ3) is 10.8. The number of aliphatic hydroxyl groups excluding tert-OH is 9. The number of ketones is 1. The number of carbonyl (C=O) groups is 2. The van der Waals surface area contributed by atoms with Gasteiger partial charge >= 0.3 is 0 Å². The molecule has 7 rings (SSSR count). The van der Waals surface area contributed by atoms with Crippen LogP contribution >= 0.6 is 0 Å². The smallest absolute Gasteiger partial charge is 0.220 e. The van der Waals surface area contributed by atoms with Crippen molar-refractivity contribution in [3.8, 4) is 0 Å². The Labute approximate surface area is 395 Å². The molecule has 0 radical (unpaired) electrons. The average Bonchev–Trinajstić information content (AvgIpc) is 3.56. The second-order valence-electron chi connectivity index (χ2n) is 22.7. The summed E-state index contributed by atoms with van der Waals surface area (Å²) in [5, 5.41) is 100. The Balaban J connectivity index is 0.936. The first-order valence-corrected chi connectivity index (χ1v) is 25.3. The van der Waals surface area contributed by atoms with Crippen molar-refractivity contribution in [1.29, 1.82) is 0 Å². The number of ether oxygens (including phenoxy) is 6. The number of Topliss-reactive ketones (excluding diaryl/α,β-unsaturated/α-hetero) is 1. The minimum absolute atomic E-state index is 0.0257. The first kappa shape index (κ1) is 53.3. The maximum absolute atomic E-state index is 13.8. The van der Waals surface area contributed by atoms with Gasteiger partial charge in [-0.3, -0.25) is 9.59 Å². The average molecular weight is 958 g/mol. The van der Waals surface area contributed by atoms with Crippen LogP contribution in [0.5, 0.6) is 0 Å². The fraction of sp³-hybridized carbons (Fsp3) is 0.959. The van der Waals surface area contributed by atoms with E-state index in [4.69, 9.17) is 28.4 Å². The molecule has 67 heavy (non-hydrogen) atoms. The van der Waals surface area contributed by atoms with E-state index >= 15 is 0 Å². The molecule has 4 saturated carbocycles. The summed E-state index contributed by atoms with van der Waals surface area (Å²) in [5.41, 5.74) is -0.121. The number of hydrogen-bond donors (Lipinski definition) is 10. The lowest BCUT2D eigenvalue weighted by Crippen LogP contribution is -2.66. The number of hydrogen-bond acceptors (Lipinski definition) is 17. The van der Waals surface area contributed by atoms with Gasteiger partial charge in [0.2, 0.25) is 5.91 Å². The van der Waals surface area contributed by atoms with Gasteiger partial charge in [0.25, 0.3) is 0 Å². The second-order valence-corrected chi connectivity index (χ2v) is 22.7. The molecule has 10 N–H and O–H groups in total. The number of fused-ring (bicyclic) bond motifs is 5. The summed E-state index contributed by atoms with van der Waals surface area (Å²) in [6.45, 7) is 13.8. The van der Waals surface area contributed by atoms with Gasteiger partial charge in [-0.05, 0) is 117 Å². The monoisotopic (exact) mass is 958 g/mol. The minimum atomic E-state index is -1.73. The maximum atomic E-state index is 13.8. The Morgan fingerprint density at radius 1 is 0.716 bits per heavy atom. The second kappa shape index (κ2) is 21.7. The Morgan fingerprint density at radius 2 is 1.39 bits per heavy atom. The van der Waals surface area contributed by atoms with Gasteiger partial charge in [0.05, 0.1) is 31.5 Å². The van der Waals surface area contributed by atoms with E-state index in [9.17, 15) is 55.5 Å². The molecule has 4 aliphatic carbocycles. The van der Waals surface area contributed by atoms with Crippen molar-refractivity contribution in [1.82, 2.24) is 5.32 Å². The highest BCUT2D eigenvalue weighted by Crippen LogP contribution is 2.68. The predicted octanol–water partition coefficient (Wildman–Crippen LogP) is 0.900. The zero-order valence-corrected chi connectivity index (χ0v) is 40.5. The normalized spacial score (nSPS) is 48.8. The molecular weight excluding hydrogens is 875 g/mol. The summed E-state index contributed by atoms with van der Waals surface area (Å²) < 4.78 is 35.5. The molecule has 25 unspecified atom stereocenters. The van der Waals surface area contributed by atoms with E-state index in [-0.39, 0.29) is 46.4 Å². The Bertz CT molecular complexity index is 1660. The zero-order valence-electron chi connectivity index (χ0n) is 40.5. The predicted molar refractivity (Wildman–Crippen MR) is 238 cm³/mol. The van der Waals surface area contributed by atoms with E-state index in [2.05, 4.69) is 26.1 Å². The molecule has 7 fully saturated rings. The van der Waals surface area contributed by atoms with Gasteiger partial charge in [-0.2, -0.15) is 0 Å². The van der Waals surface area contributed by atoms with Gasteiger partial charge < -0.3 is 79.7 Å². The fourth-order valence-electron chi connectivity index (χ4n) is 13.9. The molecule has 1 amide bonds. The largest absolute Gasteiger partial charge is 0.394 e. The number of carbonyl (C=O) groups excluding carboxylic acids is 2. The van der Waals surface area contributed by atoms with Crippen LogP contribution in [0.1, 0.15) is 119 Å². The summed E-state index contributed by atoms with van der Waals surface area (Å²) in [6, 6.07) is 0. The van der Waals surface area contributed by atoms with Crippen LogP contribution in [0.3, 0.4) is 0 Å². The van der Waals surface area contributed by atoms with Crippen molar-refractivity contribution >= 4 is 11.7 Å². The molecule has 25 atom stereocenters. The topological polar surface area (TPSA) is 284 Å². The molecule has 0 aromatic rings. The molecule has 7 aliphatic rings. The van der Waals surface area contributed by atoms with Gasteiger partial charge in [-0.15, -0.1) is 0 Å².